The lowest BCUT2D eigenvalue weighted by Crippen LogP contribution is -2.60. The number of esters is 1. The Morgan fingerprint density at radius 3 is 1.89 bits per heavy atom. The standard InChI is InChI=1S/C33H54N6O8/c1-21(2)28(36-32(43)45-5)30(41)35-25(17-23-13-9-7-10-14-23)26(47-27(40)18-34)20-39(19-24-15-11-8-12-16-24)38-31(42)29(22(3)4)37-33(44)46-6/h7,9-10,13-14,21-22,24-26,28-29H,8,11-12,15-20,34H2,1-6H3,(H,35,41)(H,36,43)(H,37,44)(H,38,42)/t25-,26-,28-,29-/m0/s1. The van der Waals surface area contributed by atoms with Crippen LogP contribution in [0.2, 0.25) is 0 Å². The molecule has 0 radical (unpaired) electrons. The van der Waals surface area contributed by atoms with E-state index >= 15 is 0 Å². The highest BCUT2D eigenvalue weighted by molar-refractivity contribution is 5.86. The highest BCUT2D eigenvalue weighted by Gasteiger charge is 2.35. The molecule has 1 aromatic carbocycles. The summed E-state index contributed by atoms with van der Waals surface area (Å²) in [4.78, 5) is 64.2. The van der Waals surface area contributed by atoms with E-state index in [2.05, 4.69) is 21.4 Å². The smallest absolute Gasteiger partial charge is 0.407 e. The first-order valence-corrected chi connectivity index (χ1v) is 16.4. The summed E-state index contributed by atoms with van der Waals surface area (Å²) in [6.45, 7) is 7.24. The van der Waals surface area contributed by atoms with Crippen LogP contribution >= 0.6 is 0 Å². The van der Waals surface area contributed by atoms with E-state index in [0.29, 0.717) is 6.54 Å². The Bertz CT molecular complexity index is 1150. The van der Waals surface area contributed by atoms with E-state index in [-0.39, 0.29) is 30.7 Å². The molecule has 4 amide bonds. The second-order valence-electron chi connectivity index (χ2n) is 12.6. The summed E-state index contributed by atoms with van der Waals surface area (Å²) < 4.78 is 15.4. The van der Waals surface area contributed by atoms with Crippen molar-refractivity contribution in [1.29, 1.82) is 0 Å². The van der Waals surface area contributed by atoms with Gasteiger partial charge in [-0.2, -0.15) is 0 Å². The number of methoxy groups -OCH3 is 2. The molecule has 1 saturated carbocycles. The number of nitrogens with zero attached hydrogens (tertiary/aromatic N) is 1. The molecule has 47 heavy (non-hydrogen) atoms. The number of ether oxygens (including phenoxy) is 3. The Kier molecular flexibility index (Phi) is 17.0. The van der Waals surface area contributed by atoms with Gasteiger partial charge in [0.25, 0.3) is 5.91 Å². The lowest BCUT2D eigenvalue weighted by molar-refractivity contribution is -0.152. The zero-order valence-electron chi connectivity index (χ0n) is 28.6. The molecular formula is C33H54N6O8. The largest absolute Gasteiger partial charge is 0.458 e. The van der Waals surface area contributed by atoms with Gasteiger partial charge in [-0.3, -0.25) is 19.8 Å². The molecule has 0 saturated heterocycles. The number of carbonyl (C=O) groups is 5. The maximum atomic E-state index is 13.7. The van der Waals surface area contributed by atoms with Gasteiger partial charge in [0, 0.05) is 6.54 Å². The first-order chi connectivity index (χ1) is 22.4. The predicted octanol–water partition coefficient (Wildman–Crippen LogP) is 2.26. The lowest BCUT2D eigenvalue weighted by Gasteiger charge is -2.36. The van der Waals surface area contributed by atoms with E-state index in [0.717, 1.165) is 37.7 Å². The zero-order valence-corrected chi connectivity index (χ0v) is 28.6. The van der Waals surface area contributed by atoms with Crippen LogP contribution in [-0.4, -0.2) is 93.1 Å². The Morgan fingerprint density at radius 1 is 0.830 bits per heavy atom. The van der Waals surface area contributed by atoms with Crippen molar-refractivity contribution in [3.05, 3.63) is 35.9 Å². The third-order valence-electron chi connectivity index (χ3n) is 8.21. The number of rotatable bonds is 17. The molecule has 4 atom stereocenters. The Balaban J connectivity index is 2.50. The third-order valence-corrected chi connectivity index (χ3v) is 8.21. The molecule has 2 rings (SSSR count). The molecule has 0 aromatic heterocycles. The second kappa shape index (κ2) is 20.4. The fraction of sp³-hybridized carbons (Fsp3) is 0.667. The highest BCUT2D eigenvalue weighted by atomic mass is 16.5. The van der Waals surface area contributed by atoms with Crippen molar-refractivity contribution in [2.24, 2.45) is 23.5 Å². The minimum atomic E-state index is -0.976. The van der Waals surface area contributed by atoms with Crippen LogP contribution in [0.3, 0.4) is 0 Å². The van der Waals surface area contributed by atoms with Crippen LogP contribution in [0.15, 0.2) is 30.3 Å². The van der Waals surface area contributed by atoms with Crippen molar-refractivity contribution >= 4 is 30.0 Å². The number of alkyl carbamates (subject to hydrolysis) is 2. The van der Waals surface area contributed by atoms with Crippen LogP contribution in [0.25, 0.3) is 0 Å². The molecule has 0 aliphatic heterocycles. The number of hydrazine groups is 1. The predicted molar refractivity (Wildman–Crippen MR) is 176 cm³/mol. The van der Waals surface area contributed by atoms with Gasteiger partial charge in [-0.25, -0.2) is 14.6 Å². The molecule has 14 nitrogen and oxygen atoms in total. The Labute approximate surface area is 278 Å². The highest BCUT2D eigenvalue weighted by Crippen LogP contribution is 2.25. The monoisotopic (exact) mass is 662 g/mol. The van der Waals surface area contributed by atoms with Gasteiger partial charge in [-0.1, -0.05) is 77.3 Å². The van der Waals surface area contributed by atoms with E-state index in [1.807, 2.05) is 30.3 Å². The fourth-order valence-corrected chi connectivity index (χ4v) is 5.61. The average Bonchev–Trinajstić information content (AvgIpc) is 3.05. The lowest BCUT2D eigenvalue weighted by atomic mass is 9.89. The molecule has 1 aliphatic carbocycles. The number of benzene rings is 1. The van der Waals surface area contributed by atoms with Crippen LogP contribution in [0.1, 0.15) is 65.4 Å². The normalized spacial score (nSPS) is 16.0. The quantitative estimate of drug-likeness (QED) is 0.0940. The molecule has 264 valence electrons. The van der Waals surface area contributed by atoms with Gasteiger partial charge in [0.1, 0.15) is 18.2 Å². The average molecular weight is 663 g/mol. The number of nitrogens with one attached hydrogen (secondary N) is 4. The molecule has 6 N–H and O–H groups in total. The molecular weight excluding hydrogens is 608 g/mol. The molecule has 0 heterocycles. The SMILES string of the molecule is COC(=O)N[C@H](C(=O)N[C@@H](Cc1ccccc1)[C@H](CN(CC1CCCCC1)NC(=O)[C@@H](NC(=O)OC)C(C)C)OC(=O)CN)C(C)C. The van der Waals surface area contributed by atoms with Crippen LogP contribution in [-0.2, 0) is 35.0 Å². The second-order valence-corrected chi connectivity index (χ2v) is 12.6. The maximum Gasteiger partial charge on any atom is 0.407 e. The van der Waals surface area contributed by atoms with Gasteiger partial charge in [-0.15, -0.1) is 0 Å². The number of hydrogen-bond donors (Lipinski definition) is 5. The topological polar surface area (TPSA) is 190 Å². The number of carbonyl (C=O) groups excluding carboxylic acids is 5. The molecule has 0 unspecified atom stereocenters. The summed E-state index contributed by atoms with van der Waals surface area (Å²) in [5.41, 5.74) is 9.49. The van der Waals surface area contributed by atoms with Crippen molar-refractivity contribution in [2.75, 3.05) is 33.9 Å². The van der Waals surface area contributed by atoms with Crippen LogP contribution in [0, 0.1) is 17.8 Å². The van der Waals surface area contributed by atoms with E-state index in [4.69, 9.17) is 19.9 Å². The molecule has 0 spiro atoms. The zero-order chi connectivity index (χ0) is 34.9. The van der Waals surface area contributed by atoms with E-state index in [1.165, 1.54) is 14.2 Å². The summed E-state index contributed by atoms with van der Waals surface area (Å²) in [6, 6.07) is 6.73. The van der Waals surface area contributed by atoms with Crippen LogP contribution in [0.5, 0.6) is 0 Å². The van der Waals surface area contributed by atoms with Gasteiger partial charge < -0.3 is 35.9 Å². The van der Waals surface area contributed by atoms with Crippen molar-refractivity contribution in [3.8, 4) is 0 Å². The maximum absolute atomic E-state index is 13.7. The molecule has 1 aromatic rings. The minimum absolute atomic E-state index is 0.00553. The van der Waals surface area contributed by atoms with Crippen molar-refractivity contribution in [2.45, 2.75) is 90.4 Å². The van der Waals surface area contributed by atoms with Crippen molar-refractivity contribution < 1.29 is 38.2 Å². The number of hydrogen-bond acceptors (Lipinski definition) is 10. The molecule has 1 fully saturated rings. The first-order valence-electron chi connectivity index (χ1n) is 16.4. The van der Waals surface area contributed by atoms with Gasteiger partial charge in [0.15, 0.2) is 0 Å². The fourth-order valence-electron chi connectivity index (χ4n) is 5.61. The third kappa shape index (κ3) is 13.8. The van der Waals surface area contributed by atoms with E-state index in [1.54, 1.807) is 32.7 Å². The van der Waals surface area contributed by atoms with Gasteiger partial charge in [-0.05, 0) is 42.6 Å². The van der Waals surface area contributed by atoms with Crippen molar-refractivity contribution in [1.82, 2.24) is 26.4 Å². The minimum Gasteiger partial charge on any atom is -0.458 e. The van der Waals surface area contributed by atoms with Crippen molar-refractivity contribution in [3.63, 3.8) is 0 Å². The summed E-state index contributed by atoms with van der Waals surface area (Å²) in [5, 5.41) is 9.88. The summed E-state index contributed by atoms with van der Waals surface area (Å²) in [6.07, 6.45) is 2.99. The molecule has 14 heteroatoms. The van der Waals surface area contributed by atoms with Gasteiger partial charge >= 0.3 is 18.2 Å². The van der Waals surface area contributed by atoms with Crippen LogP contribution < -0.4 is 27.1 Å². The Hall–Kier alpha value is -3.91. The Morgan fingerprint density at radius 2 is 1.38 bits per heavy atom. The molecule has 1 aliphatic rings. The summed E-state index contributed by atoms with van der Waals surface area (Å²) in [7, 11) is 2.44. The van der Waals surface area contributed by atoms with Gasteiger partial charge in [0.2, 0.25) is 5.91 Å². The van der Waals surface area contributed by atoms with Crippen LogP contribution in [0.4, 0.5) is 9.59 Å². The van der Waals surface area contributed by atoms with E-state index in [9.17, 15) is 24.0 Å². The first kappa shape index (κ1) is 39.3. The van der Waals surface area contributed by atoms with Gasteiger partial charge in [0.05, 0.1) is 33.4 Å². The molecule has 0 bridgehead atoms. The number of amides is 4. The van der Waals surface area contributed by atoms with E-state index < -0.39 is 60.7 Å². The summed E-state index contributed by atoms with van der Waals surface area (Å²) in [5.74, 6) is -1.95. The summed E-state index contributed by atoms with van der Waals surface area (Å²) >= 11 is 0. The number of nitrogens with two attached hydrogens (primary N) is 1.